The van der Waals surface area contributed by atoms with E-state index in [1.807, 2.05) is 29.3 Å². The largest absolute Gasteiger partial charge is 0.430 e. The lowest BCUT2D eigenvalue weighted by Gasteiger charge is -2.41. The molecule has 1 saturated heterocycles. The molecule has 3 aliphatic rings. The number of pyridine rings is 1. The van der Waals surface area contributed by atoms with Gasteiger partial charge in [-0.3, -0.25) is 14.7 Å². The number of para-hydroxylation sites is 1. The Morgan fingerprint density at radius 1 is 0.957 bits per heavy atom. The molecular weight excluding hydrogens is 576 g/mol. The highest BCUT2D eigenvalue weighted by atomic mass is 16.5. The molecule has 5 rings (SSSR count). The van der Waals surface area contributed by atoms with Gasteiger partial charge in [-0.05, 0) is 60.4 Å². The van der Waals surface area contributed by atoms with Gasteiger partial charge in [0.25, 0.3) is 0 Å². The predicted octanol–water partition coefficient (Wildman–Crippen LogP) is 7.54. The van der Waals surface area contributed by atoms with Crippen molar-refractivity contribution in [1.29, 1.82) is 0 Å². The summed E-state index contributed by atoms with van der Waals surface area (Å²) in [5.74, 6) is 1.00. The number of ether oxygens (including phenoxy) is 2. The van der Waals surface area contributed by atoms with Crippen molar-refractivity contribution >= 4 is 17.7 Å². The minimum atomic E-state index is -0.231. The van der Waals surface area contributed by atoms with Crippen LogP contribution in [0.1, 0.15) is 101 Å². The Kier molecular flexibility index (Phi) is 11.7. The maximum atomic E-state index is 14.5. The molecule has 1 N–H and O–H groups in total. The Morgan fingerprint density at radius 3 is 2.28 bits per heavy atom. The van der Waals surface area contributed by atoms with Crippen LogP contribution in [0.4, 0.5) is 10.5 Å². The molecule has 0 unspecified atom stereocenters. The third-order valence-electron chi connectivity index (χ3n) is 9.70. The van der Waals surface area contributed by atoms with Crippen molar-refractivity contribution in [2.24, 2.45) is 0 Å². The average molecular weight is 629 g/mol. The number of aromatic nitrogens is 1. The van der Waals surface area contributed by atoms with E-state index in [-0.39, 0.29) is 35.8 Å². The van der Waals surface area contributed by atoms with Gasteiger partial charge in [0, 0.05) is 55.6 Å². The molecule has 0 atom stereocenters. The zero-order valence-corrected chi connectivity index (χ0v) is 28.2. The lowest BCUT2D eigenvalue weighted by molar-refractivity contribution is -0.142. The van der Waals surface area contributed by atoms with Crippen LogP contribution in [0.2, 0.25) is 0 Å². The topological polar surface area (TPSA) is 84.0 Å². The minimum absolute atomic E-state index is 0.0801. The van der Waals surface area contributed by atoms with Crippen molar-refractivity contribution in [1.82, 2.24) is 14.8 Å². The molecule has 248 valence electrons. The first kappa shape index (κ1) is 33.9. The van der Waals surface area contributed by atoms with E-state index >= 15 is 0 Å². The van der Waals surface area contributed by atoms with Gasteiger partial charge in [0.2, 0.25) is 0 Å². The van der Waals surface area contributed by atoms with Gasteiger partial charge in [-0.25, -0.2) is 4.79 Å². The minimum Gasteiger partial charge on any atom is -0.430 e. The van der Waals surface area contributed by atoms with Crippen molar-refractivity contribution in [3.05, 3.63) is 82.9 Å². The molecule has 0 bridgehead atoms. The van der Waals surface area contributed by atoms with Gasteiger partial charge in [-0.2, -0.15) is 0 Å². The molecule has 8 nitrogen and oxygen atoms in total. The second-order valence-corrected chi connectivity index (χ2v) is 13.8. The van der Waals surface area contributed by atoms with Crippen LogP contribution in [0.3, 0.4) is 0 Å². The van der Waals surface area contributed by atoms with E-state index < -0.39 is 0 Å². The lowest BCUT2D eigenvalue weighted by atomic mass is 9.71. The van der Waals surface area contributed by atoms with E-state index in [9.17, 15) is 9.59 Å². The number of esters is 1. The first-order chi connectivity index (χ1) is 22.2. The Hall–Kier alpha value is -3.49. The molecule has 1 aliphatic heterocycles. The van der Waals surface area contributed by atoms with E-state index in [4.69, 9.17) is 14.5 Å². The van der Waals surface area contributed by atoms with E-state index in [0.29, 0.717) is 38.5 Å². The van der Waals surface area contributed by atoms with Gasteiger partial charge >= 0.3 is 12.0 Å². The molecule has 1 aromatic carbocycles. The number of benzene rings is 1. The number of amides is 2. The smallest absolute Gasteiger partial charge is 0.325 e. The second-order valence-electron chi connectivity index (χ2n) is 13.8. The number of hydrogen-bond donors (Lipinski definition) is 1. The zero-order valence-electron chi connectivity index (χ0n) is 28.2. The van der Waals surface area contributed by atoms with Crippen molar-refractivity contribution in [2.45, 2.75) is 89.9 Å². The molecular formula is C38H52N4O4. The summed E-state index contributed by atoms with van der Waals surface area (Å²) >= 11 is 0. The van der Waals surface area contributed by atoms with Gasteiger partial charge < -0.3 is 19.7 Å². The van der Waals surface area contributed by atoms with Crippen LogP contribution < -0.4 is 5.32 Å². The van der Waals surface area contributed by atoms with Crippen molar-refractivity contribution in [2.75, 3.05) is 51.3 Å². The number of morpholine rings is 1. The number of nitrogens with zero attached hydrogens (tertiary/aromatic N) is 3. The van der Waals surface area contributed by atoms with Crippen molar-refractivity contribution < 1.29 is 19.1 Å². The number of carbonyl (C=O) groups is 2. The number of anilines is 1. The number of hydrogen-bond acceptors (Lipinski definition) is 6. The summed E-state index contributed by atoms with van der Waals surface area (Å²) < 4.78 is 11.1. The van der Waals surface area contributed by atoms with E-state index in [0.717, 1.165) is 73.3 Å². The maximum Gasteiger partial charge on any atom is 0.325 e. The normalized spacial score (nSPS) is 18.6. The Balaban J connectivity index is 1.39. The lowest BCUT2D eigenvalue weighted by Crippen LogP contribution is -2.48. The predicted molar refractivity (Wildman–Crippen MR) is 183 cm³/mol. The van der Waals surface area contributed by atoms with Gasteiger partial charge in [0.1, 0.15) is 5.76 Å². The van der Waals surface area contributed by atoms with Crippen LogP contribution in [0, 0.1) is 0 Å². The summed E-state index contributed by atoms with van der Waals surface area (Å²) in [4.78, 5) is 36.0. The third-order valence-corrected chi connectivity index (χ3v) is 9.70. The number of allylic oxidation sites excluding steroid dienone is 3. The summed E-state index contributed by atoms with van der Waals surface area (Å²) in [5, 5.41) is 3.40. The SMILES string of the molecule is CC(C)c1cccc(C(C)C)c1NC(=O)N(CC1=CC=C(OC(=O)CN2CCOCC2)CC1)CC1(c2ccccn2)CCCCC1. The first-order valence-corrected chi connectivity index (χ1v) is 17.2. The van der Waals surface area contributed by atoms with E-state index in [1.165, 1.54) is 6.42 Å². The van der Waals surface area contributed by atoms with Gasteiger partial charge in [-0.1, -0.05) is 82.9 Å². The van der Waals surface area contributed by atoms with Gasteiger partial charge in [-0.15, -0.1) is 0 Å². The zero-order chi connectivity index (χ0) is 32.5. The molecule has 8 heteroatoms. The molecule has 46 heavy (non-hydrogen) atoms. The fourth-order valence-electron chi connectivity index (χ4n) is 7.09. The fourth-order valence-corrected chi connectivity index (χ4v) is 7.09. The van der Waals surface area contributed by atoms with Crippen LogP contribution in [0.5, 0.6) is 0 Å². The van der Waals surface area contributed by atoms with Crippen LogP contribution >= 0.6 is 0 Å². The Labute approximate surface area is 275 Å². The van der Waals surface area contributed by atoms with Crippen molar-refractivity contribution in [3.63, 3.8) is 0 Å². The molecule has 2 aromatic rings. The number of urea groups is 1. The van der Waals surface area contributed by atoms with Gasteiger partial charge in [0.05, 0.1) is 19.8 Å². The van der Waals surface area contributed by atoms with Crippen LogP contribution in [0.25, 0.3) is 0 Å². The van der Waals surface area contributed by atoms with Gasteiger partial charge in [0.15, 0.2) is 0 Å². The Morgan fingerprint density at radius 2 is 1.67 bits per heavy atom. The number of nitrogens with one attached hydrogen (secondary N) is 1. The summed E-state index contributed by atoms with van der Waals surface area (Å²) in [7, 11) is 0. The average Bonchev–Trinajstić information content (AvgIpc) is 3.06. The molecule has 1 aromatic heterocycles. The molecule has 0 spiro atoms. The van der Waals surface area contributed by atoms with Crippen LogP contribution in [0.15, 0.2) is 66.1 Å². The molecule has 0 radical (unpaired) electrons. The van der Waals surface area contributed by atoms with Crippen LogP contribution in [-0.4, -0.2) is 72.7 Å². The molecule has 2 amide bonds. The standard InChI is InChI=1S/C38H52N4O4/c1-28(2)32-11-10-12-33(29(3)4)36(32)40-37(44)42(27-38(18-7-5-8-19-38)34-13-6-9-20-39-34)25-30-14-16-31(17-15-30)46-35(43)26-41-21-23-45-24-22-41/h6,9-14,16,20,28-29H,5,7-8,15,17-19,21-27H2,1-4H3,(H,40,44). The summed E-state index contributed by atoms with van der Waals surface area (Å²) in [5.41, 5.74) is 5.27. The van der Waals surface area contributed by atoms with E-state index in [1.54, 1.807) is 0 Å². The van der Waals surface area contributed by atoms with Crippen molar-refractivity contribution in [3.8, 4) is 0 Å². The number of carbonyl (C=O) groups excluding carboxylic acids is 2. The molecule has 1 saturated carbocycles. The fraction of sp³-hybridized carbons (Fsp3) is 0.553. The highest BCUT2D eigenvalue weighted by Crippen LogP contribution is 2.40. The first-order valence-electron chi connectivity index (χ1n) is 17.2. The van der Waals surface area contributed by atoms with E-state index in [2.05, 4.69) is 68.2 Å². The quantitative estimate of drug-likeness (QED) is 0.259. The Bertz CT molecular complexity index is 1360. The number of rotatable bonds is 11. The molecule has 2 aliphatic carbocycles. The molecule has 2 heterocycles. The summed E-state index contributed by atoms with van der Waals surface area (Å²) in [6.45, 7) is 12.9. The van der Waals surface area contributed by atoms with Crippen LogP contribution in [-0.2, 0) is 19.7 Å². The second kappa shape index (κ2) is 15.9. The third kappa shape index (κ3) is 8.65. The summed E-state index contributed by atoms with van der Waals surface area (Å²) in [6.07, 6.45) is 12.7. The summed E-state index contributed by atoms with van der Waals surface area (Å²) in [6, 6.07) is 12.4. The highest BCUT2D eigenvalue weighted by molar-refractivity contribution is 5.91. The maximum absolute atomic E-state index is 14.5. The highest BCUT2D eigenvalue weighted by Gasteiger charge is 2.38. The molecule has 2 fully saturated rings. The monoisotopic (exact) mass is 628 g/mol.